The normalized spacial score (nSPS) is 10.2. The molecule has 5 nitrogen and oxygen atoms in total. The van der Waals surface area contributed by atoms with Crippen LogP contribution in [0.4, 0.5) is 10.3 Å². The molecule has 0 amide bonds. The van der Waals surface area contributed by atoms with E-state index in [2.05, 4.69) is 10.2 Å². The van der Waals surface area contributed by atoms with E-state index in [1.165, 1.54) is 30.6 Å². The number of carbonyl (C=O) groups is 1. The van der Waals surface area contributed by atoms with Crippen molar-refractivity contribution in [1.29, 1.82) is 0 Å². The largest absolute Gasteiger partial charge is 0.368 e. The van der Waals surface area contributed by atoms with Gasteiger partial charge < -0.3 is 5.73 Å². The molecule has 2 N–H and O–H groups in total. The van der Waals surface area contributed by atoms with E-state index in [4.69, 9.17) is 5.73 Å². The maximum Gasteiger partial charge on any atom is 0.266 e. The number of hydrogen-bond acceptors (Lipinski definition) is 4. The van der Waals surface area contributed by atoms with Crippen molar-refractivity contribution in [3.63, 3.8) is 0 Å². The number of nitrogen functional groups attached to an aromatic ring is 1. The zero-order valence-corrected chi connectivity index (χ0v) is 7.59. The van der Waals surface area contributed by atoms with E-state index in [0.29, 0.717) is 5.56 Å². The predicted molar refractivity (Wildman–Crippen MR) is 50.6 cm³/mol. The first-order valence-corrected chi connectivity index (χ1v) is 4.14. The third-order valence-corrected chi connectivity index (χ3v) is 1.88. The van der Waals surface area contributed by atoms with Gasteiger partial charge in [-0.2, -0.15) is 0 Å². The molecule has 2 aromatic rings. The molecular weight excluding hydrogens is 199 g/mol. The fourth-order valence-corrected chi connectivity index (χ4v) is 1.13. The summed E-state index contributed by atoms with van der Waals surface area (Å²) < 4.78 is 13.7. The van der Waals surface area contributed by atoms with E-state index in [1.807, 2.05) is 0 Å². The van der Waals surface area contributed by atoms with Gasteiger partial charge in [0, 0.05) is 5.56 Å². The van der Waals surface area contributed by atoms with Gasteiger partial charge in [0.15, 0.2) is 0 Å². The molecule has 15 heavy (non-hydrogen) atoms. The molecule has 0 radical (unpaired) electrons. The monoisotopic (exact) mass is 206 g/mol. The first kappa shape index (κ1) is 9.32. The highest BCUT2D eigenvalue weighted by Crippen LogP contribution is 2.07. The Morgan fingerprint density at radius 2 is 2.00 bits per heavy atom. The fourth-order valence-electron chi connectivity index (χ4n) is 1.13. The molecule has 0 aliphatic rings. The van der Waals surface area contributed by atoms with E-state index in [9.17, 15) is 9.18 Å². The second-order valence-electron chi connectivity index (χ2n) is 2.87. The maximum absolute atomic E-state index is 12.6. The SMILES string of the molecule is Nc1nncn1C(=O)c1ccc(F)cc1. The predicted octanol–water partition coefficient (Wildman–Crippen LogP) is 0.688. The van der Waals surface area contributed by atoms with Gasteiger partial charge >= 0.3 is 0 Å². The lowest BCUT2D eigenvalue weighted by molar-refractivity contribution is 0.0962. The summed E-state index contributed by atoms with van der Waals surface area (Å²) in [6, 6.07) is 5.15. The second-order valence-corrected chi connectivity index (χ2v) is 2.87. The first-order valence-electron chi connectivity index (χ1n) is 4.14. The van der Waals surface area contributed by atoms with E-state index in [1.54, 1.807) is 0 Å². The van der Waals surface area contributed by atoms with Crippen LogP contribution in [0.15, 0.2) is 30.6 Å². The fraction of sp³-hybridized carbons (Fsp3) is 0. The van der Waals surface area contributed by atoms with Gasteiger partial charge in [-0.25, -0.2) is 8.96 Å². The number of aromatic nitrogens is 3. The number of hydrogen-bond donors (Lipinski definition) is 1. The smallest absolute Gasteiger partial charge is 0.266 e. The minimum atomic E-state index is -0.400. The number of nitrogens with zero attached hydrogens (tertiary/aromatic N) is 3. The highest BCUT2D eigenvalue weighted by molar-refractivity contribution is 5.97. The average Bonchev–Trinajstić information content (AvgIpc) is 2.65. The lowest BCUT2D eigenvalue weighted by atomic mass is 10.2. The molecule has 0 aliphatic carbocycles. The summed E-state index contributed by atoms with van der Waals surface area (Å²) >= 11 is 0. The van der Waals surface area contributed by atoms with E-state index >= 15 is 0 Å². The zero-order valence-electron chi connectivity index (χ0n) is 7.59. The Morgan fingerprint density at radius 3 is 2.53 bits per heavy atom. The number of rotatable bonds is 1. The van der Waals surface area contributed by atoms with Gasteiger partial charge in [-0.05, 0) is 24.3 Å². The number of anilines is 1. The topological polar surface area (TPSA) is 73.8 Å². The number of nitrogens with two attached hydrogens (primary N) is 1. The molecular formula is C9H7FN4O. The van der Waals surface area contributed by atoms with Gasteiger partial charge in [-0.15, -0.1) is 10.2 Å². The Labute approximate surface area is 84.3 Å². The van der Waals surface area contributed by atoms with Crippen LogP contribution in [-0.4, -0.2) is 20.7 Å². The third kappa shape index (κ3) is 1.69. The van der Waals surface area contributed by atoms with Gasteiger partial charge in [0.1, 0.15) is 12.1 Å². The van der Waals surface area contributed by atoms with Gasteiger partial charge in [-0.1, -0.05) is 0 Å². The molecule has 1 aromatic heterocycles. The van der Waals surface area contributed by atoms with Crippen LogP contribution < -0.4 is 5.73 Å². The second kappa shape index (κ2) is 3.49. The van der Waals surface area contributed by atoms with Crippen LogP contribution in [0.25, 0.3) is 0 Å². The summed E-state index contributed by atoms with van der Waals surface area (Å²) in [6.45, 7) is 0. The summed E-state index contributed by atoms with van der Waals surface area (Å²) in [5, 5.41) is 6.96. The van der Waals surface area contributed by atoms with Gasteiger partial charge in [0.2, 0.25) is 5.95 Å². The molecule has 6 heteroatoms. The lowest BCUT2D eigenvalue weighted by Crippen LogP contribution is -2.13. The zero-order chi connectivity index (χ0) is 10.8. The molecule has 1 heterocycles. The highest BCUT2D eigenvalue weighted by Gasteiger charge is 2.11. The van der Waals surface area contributed by atoms with Crippen molar-refractivity contribution >= 4 is 11.9 Å². The highest BCUT2D eigenvalue weighted by atomic mass is 19.1. The molecule has 1 aromatic carbocycles. The minimum Gasteiger partial charge on any atom is -0.368 e. The van der Waals surface area contributed by atoms with Crippen molar-refractivity contribution in [2.45, 2.75) is 0 Å². The van der Waals surface area contributed by atoms with Crippen molar-refractivity contribution < 1.29 is 9.18 Å². The van der Waals surface area contributed by atoms with Crippen LogP contribution in [0.3, 0.4) is 0 Å². The van der Waals surface area contributed by atoms with E-state index in [0.717, 1.165) is 4.57 Å². The summed E-state index contributed by atoms with van der Waals surface area (Å²) in [5.74, 6) is -0.787. The molecule has 76 valence electrons. The average molecular weight is 206 g/mol. The summed E-state index contributed by atoms with van der Waals surface area (Å²) in [7, 11) is 0. The maximum atomic E-state index is 12.6. The van der Waals surface area contributed by atoms with Crippen LogP contribution in [0.2, 0.25) is 0 Å². The van der Waals surface area contributed by atoms with Crippen LogP contribution >= 0.6 is 0 Å². The van der Waals surface area contributed by atoms with Crippen LogP contribution in [0.1, 0.15) is 10.4 Å². The van der Waals surface area contributed by atoms with Crippen LogP contribution in [0.5, 0.6) is 0 Å². The summed E-state index contributed by atoms with van der Waals surface area (Å²) in [6.07, 6.45) is 1.21. The summed E-state index contributed by atoms with van der Waals surface area (Å²) in [4.78, 5) is 11.7. The standard InChI is InChI=1S/C9H7FN4O/c10-7-3-1-6(2-4-7)8(15)14-5-12-13-9(14)11/h1-5H,(H2,11,13). The molecule has 0 unspecified atom stereocenters. The first-order chi connectivity index (χ1) is 7.18. The lowest BCUT2D eigenvalue weighted by Gasteiger charge is -2.01. The number of benzene rings is 1. The van der Waals surface area contributed by atoms with Crippen molar-refractivity contribution in [3.05, 3.63) is 42.0 Å². The van der Waals surface area contributed by atoms with E-state index < -0.39 is 11.7 Å². The molecule has 0 atom stereocenters. The Hall–Kier alpha value is -2.24. The molecule has 0 fully saturated rings. The van der Waals surface area contributed by atoms with Crippen molar-refractivity contribution in [2.75, 3.05) is 5.73 Å². The molecule has 0 spiro atoms. The Morgan fingerprint density at radius 1 is 1.33 bits per heavy atom. The Kier molecular flexibility index (Phi) is 2.17. The van der Waals surface area contributed by atoms with Crippen molar-refractivity contribution in [1.82, 2.24) is 14.8 Å². The summed E-state index contributed by atoms with van der Waals surface area (Å²) in [5.41, 5.74) is 5.73. The Balaban J connectivity index is 2.37. The molecule has 0 saturated heterocycles. The van der Waals surface area contributed by atoms with Crippen molar-refractivity contribution in [3.8, 4) is 0 Å². The number of carbonyl (C=O) groups excluding carboxylic acids is 1. The van der Waals surface area contributed by atoms with Crippen LogP contribution in [0, 0.1) is 5.82 Å². The molecule has 0 bridgehead atoms. The van der Waals surface area contributed by atoms with Gasteiger partial charge in [-0.3, -0.25) is 4.79 Å². The quantitative estimate of drug-likeness (QED) is 0.744. The van der Waals surface area contributed by atoms with Crippen molar-refractivity contribution in [2.24, 2.45) is 0 Å². The minimum absolute atomic E-state index is 0.00400. The molecule has 2 rings (SSSR count). The molecule has 0 aliphatic heterocycles. The van der Waals surface area contributed by atoms with Crippen LogP contribution in [-0.2, 0) is 0 Å². The number of halogens is 1. The van der Waals surface area contributed by atoms with Gasteiger partial charge in [0.05, 0.1) is 0 Å². The molecule has 0 saturated carbocycles. The van der Waals surface area contributed by atoms with Gasteiger partial charge in [0.25, 0.3) is 5.91 Å². The third-order valence-electron chi connectivity index (χ3n) is 1.88. The van der Waals surface area contributed by atoms with E-state index in [-0.39, 0.29) is 5.95 Å². The Bertz CT molecular complexity index is 491.